The number of aryl methyl sites for hydroxylation is 1. The van der Waals surface area contributed by atoms with Crippen LogP contribution in [0.5, 0.6) is 0 Å². The number of carboxylic acids is 1. The smallest absolute Gasteiger partial charge is 0.339 e. The Morgan fingerprint density at radius 3 is 2.47 bits per heavy atom. The van der Waals surface area contributed by atoms with Crippen molar-refractivity contribution < 1.29 is 14.1 Å². The molecule has 19 heavy (non-hydrogen) atoms. The van der Waals surface area contributed by atoms with E-state index in [1.165, 1.54) is 0 Å². The van der Waals surface area contributed by atoms with E-state index in [4.69, 9.17) is 0 Å². The largest absolute Gasteiger partial charge is 0.478 e. The van der Waals surface area contributed by atoms with Crippen LogP contribution in [0.25, 0.3) is 0 Å². The van der Waals surface area contributed by atoms with Crippen molar-refractivity contribution in [1.82, 2.24) is 10.2 Å². The number of anilines is 1. The predicted octanol–water partition coefficient (Wildman–Crippen LogP) is 1.09. The van der Waals surface area contributed by atoms with Gasteiger partial charge in [0, 0.05) is 29.4 Å². The molecule has 0 spiro atoms. The van der Waals surface area contributed by atoms with E-state index in [-0.39, 0.29) is 11.4 Å². The van der Waals surface area contributed by atoms with Crippen molar-refractivity contribution in [2.45, 2.75) is 26.7 Å². The normalized spacial score (nSPS) is 12.2. The number of rotatable bonds is 7. The molecule has 0 aliphatic heterocycles. The molecule has 2 N–H and O–H groups in total. The zero-order valence-corrected chi connectivity index (χ0v) is 12.2. The number of carbonyl (C=O) groups is 1. The van der Waals surface area contributed by atoms with Gasteiger partial charge in [-0.2, -0.15) is 5.10 Å². The molecular formula is C12H19N3O3S. The van der Waals surface area contributed by atoms with E-state index >= 15 is 0 Å². The molecule has 1 heterocycles. The molecule has 0 aromatic carbocycles. The zero-order valence-electron chi connectivity index (χ0n) is 11.4. The maximum absolute atomic E-state index is 11.4. The van der Waals surface area contributed by atoms with Crippen LogP contribution in [0.15, 0.2) is 0 Å². The third kappa shape index (κ3) is 3.99. The molecule has 0 amide bonds. The molecule has 0 radical (unpaired) electrons. The molecule has 1 unspecified atom stereocenters. The van der Waals surface area contributed by atoms with Gasteiger partial charge < -0.3 is 10.4 Å². The summed E-state index contributed by atoms with van der Waals surface area (Å²) in [5, 5.41) is 20.2. The van der Waals surface area contributed by atoms with Gasteiger partial charge in [0.05, 0.1) is 5.69 Å². The molecule has 1 rings (SSSR count). The Kier molecular flexibility index (Phi) is 5.88. The van der Waals surface area contributed by atoms with Crippen LogP contribution in [0.1, 0.15) is 35.5 Å². The Balaban J connectivity index is 3.10. The van der Waals surface area contributed by atoms with Gasteiger partial charge in [-0.1, -0.05) is 13.8 Å². The lowest BCUT2D eigenvalue weighted by molar-refractivity contribution is 0.0696. The molecule has 0 aliphatic carbocycles. The highest BCUT2D eigenvalue weighted by molar-refractivity contribution is 7.84. The molecule has 1 aromatic heterocycles. The van der Waals surface area contributed by atoms with Crippen molar-refractivity contribution in [3.8, 4) is 0 Å². The second kappa shape index (κ2) is 7.18. The van der Waals surface area contributed by atoms with E-state index < -0.39 is 16.8 Å². The first-order chi connectivity index (χ1) is 9.01. The van der Waals surface area contributed by atoms with Crippen LogP contribution in [0, 0.1) is 0 Å². The summed E-state index contributed by atoms with van der Waals surface area (Å²) < 4.78 is 11.0. The highest BCUT2D eigenvalue weighted by Crippen LogP contribution is 2.20. The number of aromatic carboxylic acids is 1. The highest BCUT2D eigenvalue weighted by atomic mass is 32.2. The molecule has 1 aromatic rings. The first kappa shape index (κ1) is 15.6. The number of hydrogen-bond acceptors (Lipinski definition) is 5. The van der Waals surface area contributed by atoms with Crippen molar-refractivity contribution in [1.29, 1.82) is 0 Å². The quantitative estimate of drug-likeness (QED) is 0.779. The average Bonchev–Trinajstić information content (AvgIpc) is 2.37. The first-order valence-electron chi connectivity index (χ1n) is 6.16. The van der Waals surface area contributed by atoms with Crippen LogP contribution in [0.2, 0.25) is 0 Å². The highest BCUT2D eigenvalue weighted by Gasteiger charge is 2.19. The van der Waals surface area contributed by atoms with Gasteiger partial charge in [0.15, 0.2) is 5.82 Å². The summed E-state index contributed by atoms with van der Waals surface area (Å²) in [6.45, 7) is 4.22. The molecule has 6 nitrogen and oxygen atoms in total. The van der Waals surface area contributed by atoms with Gasteiger partial charge >= 0.3 is 5.97 Å². The lowest BCUT2D eigenvalue weighted by Crippen LogP contribution is -2.18. The molecule has 106 valence electrons. The Hall–Kier alpha value is -1.50. The van der Waals surface area contributed by atoms with Crippen molar-refractivity contribution in [3.05, 3.63) is 16.8 Å². The lowest BCUT2D eigenvalue weighted by atomic mass is 10.0. The van der Waals surface area contributed by atoms with E-state index in [0.29, 0.717) is 36.4 Å². The first-order valence-corrected chi connectivity index (χ1v) is 7.89. The van der Waals surface area contributed by atoms with Gasteiger partial charge in [-0.05, 0) is 18.4 Å². The molecule has 0 saturated heterocycles. The summed E-state index contributed by atoms with van der Waals surface area (Å²) in [4.78, 5) is 11.4. The minimum atomic E-state index is -1.01. The molecular weight excluding hydrogens is 266 g/mol. The fourth-order valence-corrected chi connectivity index (χ4v) is 2.23. The van der Waals surface area contributed by atoms with Crippen molar-refractivity contribution >= 4 is 22.6 Å². The van der Waals surface area contributed by atoms with E-state index in [9.17, 15) is 14.1 Å². The summed E-state index contributed by atoms with van der Waals surface area (Å²) in [5.74, 6) is -0.314. The third-order valence-electron chi connectivity index (χ3n) is 2.74. The summed E-state index contributed by atoms with van der Waals surface area (Å²) >= 11 is 0. The summed E-state index contributed by atoms with van der Waals surface area (Å²) in [6.07, 6.45) is 2.84. The molecule has 7 heteroatoms. The Labute approximate surface area is 115 Å². The van der Waals surface area contributed by atoms with Crippen LogP contribution < -0.4 is 5.32 Å². The van der Waals surface area contributed by atoms with Crippen LogP contribution in [-0.2, 0) is 23.6 Å². The van der Waals surface area contributed by atoms with Gasteiger partial charge in [-0.3, -0.25) is 4.21 Å². The molecule has 0 fully saturated rings. The van der Waals surface area contributed by atoms with Crippen molar-refractivity contribution in [2.24, 2.45) is 0 Å². The summed E-state index contributed by atoms with van der Waals surface area (Å²) in [5.41, 5.74) is 1.60. The third-order valence-corrected chi connectivity index (χ3v) is 3.52. The van der Waals surface area contributed by atoms with Crippen molar-refractivity contribution in [3.63, 3.8) is 0 Å². The molecule has 0 aliphatic rings. The minimum absolute atomic E-state index is 0.177. The fourth-order valence-electron chi connectivity index (χ4n) is 1.84. The van der Waals surface area contributed by atoms with Gasteiger partial charge in [0.1, 0.15) is 5.56 Å². The zero-order chi connectivity index (χ0) is 14.4. The summed E-state index contributed by atoms with van der Waals surface area (Å²) in [7, 11) is -0.928. The number of hydrogen-bond donors (Lipinski definition) is 2. The minimum Gasteiger partial charge on any atom is -0.478 e. The van der Waals surface area contributed by atoms with Crippen molar-refractivity contribution in [2.75, 3.05) is 23.9 Å². The number of nitrogens with one attached hydrogen (secondary N) is 1. The van der Waals surface area contributed by atoms with E-state index in [2.05, 4.69) is 15.5 Å². The number of aromatic nitrogens is 2. The second-order valence-electron chi connectivity index (χ2n) is 4.07. The monoisotopic (exact) mass is 285 g/mol. The molecule has 0 bridgehead atoms. The molecule has 0 saturated carbocycles. The van der Waals surface area contributed by atoms with Gasteiger partial charge in [-0.25, -0.2) is 4.79 Å². The van der Waals surface area contributed by atoms with E-state index in [1.54, 1.807) is 6.26 Å². The predicted molar refractivity (Wildman–Crippen MR) is 75.2 cm³/mol. The van der Waals surface area contributed by atoms with Crippen LogP contribution in [0.3, 0.4) is 0 Å². The standard InChI is InChI=1S/C12H19N3O3S/c1-4-8-9(5-2)14-15-11(10(8)12(16)17)13-6-7-19(3)18/h4-7H2,1-3H3,(H,13,15)(H,16,17). The maximum Gasteiger partial charge on any atom is 0.339 e. The SMILES string of the molecule is CCc1nnc(NCCS(C)=O)c(C(=O)O)c1CC. The second-order valence-corrected chi connectivity index (χ2v) is 5.62. The fraction of sp³-hybridized carbons (Fsp3) is 0.583. The topological polar surface area (TPSA) is 92.2 Å². The van der Waals surface area contributed by atoms with E-state index in [0.717, 1.165) is 0 Å². The van der Waals surface area contributed by atoms with Gasteiger partial charge in [0.2, 0.25) is 0 Å². The molecule has 1 atom stereocenters. The Morgan fingerprint density at radius 1 is 1.32 bits per heavy atom. The Bertz CT molecular complexity index is 491. The van der Waals surface area contributed by atoms with Gasteiger partial charge in [-0.15, -0.1) is 5.10 Å². The van der Waals surface area contributed by atoms with Gasteiger partial charge in [0.25, 0.3) is 0 Å². The Morgan fingerprint density at radius 2 is 2.00 bits per heavy atom. The maximum atomic E-state index is 11.4. The van der Waals surface area contributed by atoms with Crippen LogP contribution >= 0.6 is 0 Å². The number of nitrogens with zero attached hydrogens (tertiary/aromatic N) is 2. The van der Waals surface area contributed by atoms with Crippen LogP contribution in [-0.4, -0.2) is 44.0 Å². The van der Waals surface area contributed by atoms with Crippen LogP contribution in [0.4, 0.5) is 5.82 Å². The number of carboxylic acid groups (broad SMARTS) is 1. The average molecular weight is 285 g/mol. The lowest BCUT2D eigenvalue weighted by Gasteiger charge is -2.13. The van der Waals surface area contributed by atoms with E-state index in [1.807, 2.05) is 13.8 Å². The summed E-state index contributed by atoms with van der Waals surface area (Å²) in [6, 6.07) is 0.